The molecule has 1 aromatic heterocycles. The van der Waals surface area contributed by atoms with Gasteiger partial charge in [-0.25, -0.2) is 4.79 Å². The molecule has 4 rings (SSSR count). The summed E-state index contributed by atoms with van der Waals surface area (Å²) in [6.07, 6.45) is 0.134. The molecule has 2 heterocycles. The fourth-order valence-corrected chi connectivity index (χ4v) is 3.85. The number of ether oxygens (including phenoxy) is 1. The van der Waals surface area contributed by atoms with Crippen molar-refractivity contribution in [3.63, 3.8) is 0 Å². The van der Waals surface area contributed by atoms with E-state index < -0.39 is 24.5 Å². The molecule has 0 saturated heterocycles. The van der Waals surface area contributed by atoms with Crippen molar-refractivity contribution >= 4 is 51.7 Å². The van der Waals surface area contributed by atoms with Crippen molar-refractivity contribution in [3.8, 4) is 0 Å². The fraction of sp³-hybridized carbons (Fsp3) is 0.227. The summed E-state index contributed by atoms with van der Waals surface area (Å²) in [6, 6.07) is 11.8. The van der Waals surface area contributed by atoms with Crippen LogP contribution in [-0.4, -0.2) is 30.4 Å². The molecular weight excluding hydrogens is 408 g/mol. The predicted octanol–water partition coefficient (Wildman–Crippen LogP) is 4.32. The molecule has 1 unspecified atom stereocenters. The van der Waals surface area contributed by atoms with Crippen LogP contribution >= 0.6 is 11.6 Å². The molecule has 3 aromatic rings. The first-order valence-electron chi connectivity index (χ1n) is 9.42. The van der Waals surface area contributed by atoms with Crippen LogP contribution in [0.15, 0.2) is 46.9 Å². The normalized spacial score (nSPS) is 16.0. The van der Waals surface area contributed by atoms with Crippen molar-refractivity contribution in [2.45, 2.75) is 26.3 Å². The van der Waals surface area contributed by atoms with E-state index >= 15 is 0 Å². The quantitative estimate of drug-likeness (QED) is 0.630. The number of para-hydroxylation sites is 3. The van der Waals surface area contributed by atoms with E-state index in [4.69, 9.17) is 20.8 Å². The highest BCUT2D eigenvalue weighted by Crippen LogP contribution is 2.32. The molecule has 0 radical (unpaired) electrons. The Bertz CT molecular complexity index is 1170. The summed E-state index contributed by atoms with van der Waals surface area (Å²) in [4.78, 5) is 39.1. The topological polar surface area (TPSA) is 88.9 Å². The Morgan fingerprint density at radius 2 is 2.00 bits per heavy atom. The van der Waals surface area contributed by atoms with Gasteiger partial charge in [0, 0.05) is 23.4 Å². The van der Waals surface area contributed by atoms with Crippen molar-refractivity contribution in [3.05, 3.63) is 58.8 Å². The van der Waals surface area contributed by atoms with Gasteiger partial charge in [0.25, 0.3) is 5.91 Å². The lowest BCUT2D eigenvalue weighted by molar-refractivity contribution is -0.122. The van der Waals surface area contributed by atoms with Crippen LogP contribution in [0.2, 0.25) is 5.02 Å². The molecule has 0 spiro atoms. The number of fused-ring (bicyclic) bond motifs is 2. The standard InChI is InChI=1S/C22H19ClN2O5/c1-12-10-18(26)24-16-8-3-4-9-17(16)25(12)19(27)11-29-22(28)20-13(2)14-6-5-7-15(23)21(14)30-20/h3-9,12H,10-11H2,1-2H3,(H,24,26). The van der Waals surface area contributed by atoms with Crippen LogP contribution in [0.25, 0.3) is 11.0 Å². The van der Waals surface area contributed by atoms with Gasteiger partial charge in [-0.05, 0) is 32.0 Å². The number of hydrogen-bond acceptors (Lipinski definition) is 5. The predicted molar refractivity (Wildman–Crippen MR) is 113 cm³/mol. The van der Waals surface area contributed by atoms with Gasteiger partial charge in [-0.15, -0.1) is 0 Å². The van der Waals surface area contributed by atoms with Crippen LogP contribution in [0.4, 0.5) is 11.4 Å². The Balaban J connectivity index is 1.55. The van der Waals surface area contributed by atoms with Crippen molar-refractivity contribution in [1.82, 2.24) is 0 Å². The SMILES string of the molecule is Cc1c(C(=O)OCC(=O)N2c3ccccc3NC(=O)CC2C)oc2c(Cl)cccc12. The van der Waals surface area contributed by atoms with Gasteiger partial charge >= 0.3 is 5.97 Å². The summed E-state index contributed by atoms with van der Waals surface area (Å²) in [5, 5.41) is 3.88. The molecule has 1 atom stereocenters. The number of amides is 2. The average Bonchev–Trinajstić information content (AvgIpc) is 2.98. The molecule has 1 N–H and O–H groups in total. The van der Waals surface area contributed by atoms with Crippen LogP contribution in [-0.2, 0) is 14.3 Å². The lowest BCUT2D eigenvalue weighted by Gasteiger charge is -2.27. The number of halogens is 1. The Morgan fingerprint density at radius 1 is 1.23 bits per heavy atom. The first kappa shape index (κ1) is 20.0. The molecule has 1 aliphatic heterocycles. The summed E-state index contributed by atoms with van der Waals surface area (Å²) in [5.74, 6) is -1.37. The minimum atomic E-state index is -0.752. The molecule has 30 heavy (non-hydrogen) atoms. The van der Waals surface area contributed by atoms with E-state index in [1.807, 2.05) is 0 Å². The first-order chi connectivity index (χ1) is 14.4. The van der Waals surface area contributed by atoms with E-state index in [0.29, 0.717) is 32.9 Å². The van der Waals surface area contributed by atoms with Crippen LogP contribution in [0.5, 0.6) is 0 Å². The van der Waals surface area contributed by atoms with Gasteiger partial charge in [-0.1, -0.05) is 35.9 Å². The molecule has 154 valence electrons. The smallest absolute Gasteiger partial charge is 0.375 e. The molecule has 0 bridgehead atoms. The lowest BCUT2D eigenvalue weighted by Crippen LogP contribution is -2.41. The van der Waals surface area contributed by atoms with Crippen molar-refractivity contribution in [2.75, 3.05) is 16.8 Å². The Kier molecular flexibility index (Phi) is 5.22. The number of esters is 1. The summed E-state index contributed by atoms with van der Waals surface area (Å²) in [7, 11) is 0. The zero-order valence-corrected chi connectivity index (χ0v) is 17.2. The third-order valence-electron chi connectivity index (χ3n) is 5.06. The number of hydrogen-bond donors (Lipinski definition) is 1. The number of carbonyl (C=O) groups excluding carboxylic acids is 3. The first-order valence-corrected chi connectivity index (χ1v) is 9.80. The summed E-state index contributed by atoms with van der Waals surface area (Å²) in [6.45, 7) is 3.01. The monoisotopic (exact) mass is 426 g/mol. The number of nitrogens with zero attached hydrogens (tertiary/aromatic N) is 1. The second-order valence-corrected chi connectivity index (χ2v) is 7.54. The highest BCUT2D eigenvalue weighted by molar-refractivity contribution is 6.35. The molecule has 0 saturated carbocycles. The van der Waals surface area contributed by atoms with Crippen molar-refractivity contribution < 1.29 is 23.5 Å². The van der Waals surface area contributed by atoms with E-state index in [1.165, 1.54) is 4.90 Å². The van der Waals surface area contributed by atoms with E-state index in [1.54, 1.807) is 56.3 Å². The van der Waals surface area contributed by atoms with E-state index in [2.05, 4.69) is 5.32 Å². The molecule has 0 aliphatic carbocycles. The zero-order chi connectivity index (χ0) is 21.4. The van der Waals surface area contributed by atoms with Gasteiger partial charge < -0.3 is 19.4 Å². The van der Waals surface area contributed by atoms with E-state index in [9.17, 15) is 14.4 Å². The Morgan fingerprint density at radius 3 is 2.77 bits per heavy atom. The van der Waals surface area contributed by atoms with Crippen LogP contribution in [0.3, 0.4) is 0 Å². The summed E-state index contributed by atoms with van der Waals surface area (Å²) in [5.41, 5.74) is 2.08. The Hall–Kier alpha value is -3.32. The third-order valence-corrected chi connectivity index (χ3v) is 5.35. The number of aryl methyl sites for hydroxylation is 1. The minimum Gasteiger partial charge on any atom is -0.450 e. The van der Waals surface area contributed by atoms with Gasteiger partial charge in [-0.2, -0.15) is 0 Å². The highest BCUT2D eigenvalue weighted by Gasteiger charge is 2.30. The zero-order valence-electron chi connectivity index (χ0n) is 16.4. The minimum absolute atomic E-state index is 0.00654. The maximum Gasteiger partial charge on any atom is 0.375 e. The molecule has 2 amide bonds. The largest absolute Gasteiger partial charge is 0.450 e. The fourth-order valence-electron chi connectivity index (χ4n) is 3.63. The van der Waals surface area contributed by atoms with E-state index in [-0.39, 0.29) is 18.1 Å². The van der Waals surface area contributed by atoms with Gasteiger partial charge in [-0.3, -0.25) is 9.59 Å². The summed E-state index contributed by atoms with van der Waals surface area (Å²) >= 11 is 6.13. The molecule has 8 heteroatoms. The van der Waals surface area contributed by atoms with Gasteiger partial charge in [0.1, 0.15) is 0 Å². The van der Waals surface area contributed by atoms with Crippen molar-refractivity contribution in [2.24, 2.45) is 0 Å². The molecule has 2 aromatic carbocycles. The van der Waals surface area contributed by atoms with Crippen molar-refractivity contribution in [1.29, 1.82) is 0 Å². The van der Waals surface area contributed by atoms with Crippen LogP contribution < -0.4 is 10.2 Å². The maximum atomic E-state index is 12.9. The highest BCUT2D eigenvalue weighted by atomic mass is 35.5. The van der Waals surface area contributed by atoms with Gasteiger partial charge in [0.05, 0.1) is 16.4 Å². The third kappa shape index (κ3) is 3.52. The van der Waals surface area contributed by atoms with Gasteiger partial charge in [0.15, 0.2) is 12.2 Å². The second kappa shape index (κ2) is 7.84. The molecular formula is C22H19ClN2O5. The van der Waals surface area contributed by atoms with Gasteiger partial charge in [0.2, 0.25) is 11.7 Å². The number of carbonyl (C=O) groups is 3. The number of benzene rings is 2. The van der Waals surface area contributed by atoms with Crippen LogP contribution in [0, 0.1) is 6.92 Å². The average molecular weight is 427 g/mol. The Labute approximate surface area is 177 Å². The number of rotatable bonds is 3. The molecule has 1 aliphatic rings. The number of anilines is 2. The number of furan rings is 1. The number of nitrogens with one attached hydrogen (secondary N) is 1. The summed E-state index contributed by atoms with van der Waals surface area (Å²) < 4.78 is 10.8. The maximum absolute atomic E-state index is 12.9. The lowest BCUT2D eigenvalue weighted by atomic mass is 10.1. The second-order valence-electron chi connectivity index (χ2n) is 7.13. The van der Waals surface area contributed by atoms with Crippen LogP contribution in [0.1, 0.15) is 29.5 Å². The molecule has 0 fully saturated rings. The van der Waals surface area contributed by atoms with E-state index in [0.717, 1.165) is 0 Å². The molecule has 7 nitrogen and oxygen atoms in total.